The fourth-order valence-corrected chi connectivity index (χ4v) is 4.34. The smallest absolute Gasteiger partial charge is 0.324 e. The second kappa shape index (κ2) is 14.7. The number of carbonyl (C=O) groups is 2. The van der Waals surface area contributed by atoms with E-state index in [4.69, 9.17) is 15.2 Å². The van der Waals surface area contributed by atoms with Gasteiger partial charge in [-0.05, 0) is 75.7 Å². The van der Waals surface area contributed by atoms with Crippen molar-refractivity contribution in [2.24, 2.45) is 0 Å². The number of ether oxygens (including phenoxy) is 2. The zero-order chi connectivity index (χ0) is 29.0. The minimum Gasteiger partial charge on any atom is -0.463 e. The van der Waals surface area contributed by atoms with Crippen molar-refractivity contribution in [1.82, 2.24) is 20.1 Å². The van der Waals surface area contributed by atoms with Gasteiger partial charge >= 0.3 is 6.03 Å². The van der Waals surface area contributed by atoms with E-state index in [1.54, 1.807) is 53.8 Å². The van der Waals surface area contributed by atoms with Crippen LogP contribution in [0.3, 0.4) is 0 Å². The molecule has 1 aromatic carbocycles. The predicted molar refractivity (Wildman–Crippen MR) is 159 cm³/mol. The Bertz CT molecular complexity index is 1330. The number of allylic oxidation sites excluding steroid dienone is 4. The van der Waals surface area contributed by atoms with Crippen molar-refractivity contribution >= 4 is 23.3 Å². The highest BCUT2D eigenvalue weighted by atomic mass is 16.6. The molecule has 1 aliphatic heterocycles. The number of amides is 3. The van der Waals surface area contributed by atoms with Gasteiger partial charge in [0, 0.05) is 19.3 Å². The molecule has 0 spiro atoms. The van der Waals surface area contributed by atoms with Crippen LogP contribution in [0, 0.1) is 0 Å². The molecule has 0 fully saturated rings. The van der Waals surface area contributed by atoms with Crippen molar-refractivity contribution in [1.29, 1.82) is 0 Å². The van der Waals surface area contributed by atoms with Crippen LogP contribution in [0.15, 0.2) is 90.6 Å². The lowest BCUT2D eigenvalue weighted by atomic mass is 10.0. The first-order chi connectivity index (χ1) is 19.9. The molecule has 1 aromatic heterocycles. The number of unbranched alkanes of at least 4 members (excludes halogenated alkanes) is 2. The maximum atomic E-state index is 13.4. The van der Waals surface area contributed by atoms with E-state index in [1.807, 2.05) is 26.2 Å². The van der Waals surface area contributed by atoms with Gasteiger partial charge in [-0.1, -0.05) is 42.8 Å². The summed E-state index contributed by atoms with van der Waals surface area (Å²) in [4.78, 5) is 34.2. The van der Waals surface area contributed by atoms with E-state index >= 15 is 0 Å². The summed E-state index contributed by atoms with van der Waals surface area (Å²) >= 11 is 0. The molecule has 2 aliphatic rings. The SMILES string of the molecule is CN(C)CCCCCN(Cc1ccc(C(=O)Nc2ccccc2N)nc1)C(=O)NC1=COC=C(C2=CC=CCC2)O1. The van der Waals surface area contributed by atoms with Gasteiger partial charge in [0.15, 0.2) is 12.0 Å². The minimum absolute atomic E-state index is 0.228. The van der Waals surface area contributed by atoms with Crippen LogP contribution in [0.25, 0.3) is 0 Å². The van der Waals surface area contributed by atoms with E-state index in [-0.39, 0.29) is 23.5 Å². The van der Waals surface area contributed by atoms with E-state index in [1.165, 1.54) is 6.26 Å². The van der Waals surface area contributed by atoms with Crippen molar-refractivity contribution in [3.63, 3.8) is 0 Å². The van der Waals surface area contributed by atoms with Crippen LogP contribution in [0.4, 0.5) is 16.2 Å². The van der Waals surface area contributed by atoms with Gasteiger partial charge in [0.25, 0.3) is 5.91 Å². The van der Waals surface area contributed by atoms with Gasteiger partial charge in [0.1, 0.15) is 12.0 Å². The number of nitrogens with one attached hydrogen (secondary N) is 2. The average molecular weight is 559 g/mol. The molecule has 2 heterocycles. The summed E-state index contributed by atoms with van der Waals surface area (Å²) in [7, 11) is 4.10. The van der Waals surface area contributed by atoms with Gasteiger partial charge in [0.05, 0.1) is 11.4 Å². The molecule has 216 valence electrons. The number of benzene rings is 1. The van der Waals surface area contributed by atoms with Crippen molar-refractivity contribution in [3.05, 3.63) is 102 Å². The highest BCUT2D eigenvalue weighted by Gasteiger charge is 2.21. The number of hydrogen-bond acceptors (Lipinski definition) is 7. The van der Waals surface area contributed by atoms with Gasteiger partial charge in [-0.3, -0.25) is 15.1 Å². The third kappa shape index (κ3) is 8.97. The Morgan fingerprint density at radius 3 is 2.59 bits per heavy atom. The van der Waals surface area contributed by atoms with Gasteiger partial charge in [0.2, 0.25) is 5.88 Å². The Kier molecular flexibility index (Phi) is 10.6. The average Bonchev–Trinajstić information content (AvgIpc) is 2.98. The zero-order valence-electron chi connectivity index (χ0n) is 23.6. The fraction of sp³-hybridized carbons (Fsp3) is 0.323. The number of nitrogen functional groups attached to an aromatic ring is 1. The molecule has 0 bridgehead atoms. The molecule has 0 radical (unpaired) electrons. The zero-order valence-corrected chi connectivity index (χ0v) is 23.6. The lowest BCUT2D eigenvalue weighted by molar-refractivity contribution is 0.102. The standard InChI is InChI=1S/C31H38N6O4/c1-36(2)17-9-4-10-18-37(31(39)35-29-22-40-21-28(41-29)24-11-5-3-6-12-24)20-23-15-16-27(33-19-23)30(38)34-26-14-8-7-13-25(26)32/h3,5,7-8,11,13-16,19,21-22H,4,6,9-10,12,17-18,20,32H2,1-2H3,(H,34,38)(H,35,39). The minimum atomic E-state index is -0.362. The summed E-state index contributed by atoms with van der Waals surface area (Å²) in [5.41, 5.74) is 8.98. The fourth-order valence-electron chi connectivity index (χ4n) is 4.34. The van der Waals surface area contributed by atoms with E-state index in [0.717, 1.165) is 49.8 Å². The Labute approximate surface area is 241 Å². The lowest BCUT2D eigenvalue weighted by Gasteiger charge is -2.25. The van der Waals surface area contributed by atoms with Crippen molar-refractivity contribution in [2.45, 2.75) is 38.6 Å². The monoisotopic (exact) mass is 558 g/mol. The van der Waals surface area contributed by atoms with E-state index in [2.05, 4.69) is 26.6 Å². The van der Waals surface area contributed by atoms with Crippen LogP contribution < -0.4 is 16.4 Å². The van der Waals surface area contributed by atoms with Crippen molar-refractivity contribution in [3.8, 4) is 0 Å². The molecule has 10 nitrogen and oxygen atoms in total. The number of pyridine rings is 1. The molecular formula is C31H38N6O4. The van der Waals surface area contributed by atoms with Crippen LogP contribution in [0.1, 0.15) is 48.2 Å². The maximum Gasteiger partial charge on any atom is 0.324 e. The van der Waals surface area contributed by atoms with Crippen LogP contribution in [0.2, 0.25) is 0 Å². The third-order valence-electron chi connectivity index (χ3n) is 6.59. The van der Waals surface area contributed by atoms with Gasteiger partial charge in [-0.25, -0.2) is 4.79 Å². The number of para-hydroxylation sites is 2. The Morgan fingerprint density at radius 2 is 1.85 bits per heavy atom. The Balaban J connectivity index is 1.38. The topological polar surface area (TPSA) is 122 Å². The molecule has 3 amide bonds. The summed E-state index contributed by atoms with van der Waals surface area (Å²) in [6, 6.07) is 10.2. The van der Waals surface area contributed by atoms with Crippen LogP contribution in [0.5, 0.6) is 0 Å². The molecule has 1 aliphatic carbocycles. The highest BCUT2D eigenvalue weighted by Crippen LogP contribution is 2.25. The normalized spacial score (nSPS) is 14.3. The van der Waals surface area contributed by atoms with Gasteiger partial charge in [-0.15, -0.1) is 0 Å². The van der Waals surface area contributed by atoms with Crippen molar-refractivity contribution in [2.75, 3.05) is 38.2 Å². The number of aromatic nitrogens is 1. The first-order valence-corrected chi connectivity index (χ1v) is 13.8. The van der Waals surface area contributed by atoms with Gasteiger partial charge in [-0.2, -0.15) is 0 Å². The summed E-state index contributed by atoms with van der Waals surface area (Å²) in [5.74, 6) is 0.447. The quantitative estimate of drug-likeness (QED) is 0.244. The molecule has 2 aromatic rings. The largest absolute Gasteiger partial charge is 0.463 e. The number of hydrogen-bond donors (Lipinski definition) is 3. The molecule has 0 saturated carbocycles. The molecule has 41 heavy (non-hydrogen) atoms. The van der Waals surface area contributed by atoms with Crippen molar-refractivity contribution < 1.29 is 19.1 Å². The Hall–Kier alpha value is -4.57. The number of anilines is 2. The third-order valence-corrected chi connectivity index (χ3v) is 6.59. The molecular weight excluding hydrogens is 520 g/mol. The second-order valence-corrected chi connectivity index (χ2v) is 10.2. The van der Waals surface area contributed by atoms with E-state index < -0.39 is 0 Å². The highest BCUT2D eigenvalue weighted by molar-refractivity contribution is 6.04. The predicted octanol–water partition coefficient (Wildman–Crippen LogP) is 5.12. The van der Waals surface area contributed by atoms with Crippen LogP contribution >= 0.6 is 0 Å². The first-order valence-electron chi connectivity index (χ1n) is 13.8. The molecule has 0 saturated heterocycles. The summed E-state index contributed by atoms with van der Waals surface area (Å²) in [6.07, 6.45) is 15.2. The van der Waals surface area contributed by atoms with E-state index in [9.17, 15) is 9.59 Å². The summed E-state index contributed by atoms with van der Waals surface area (Å²) in [5, 5.41) is 5.62. The van der Waals surface area contributed by atoms with E-state index in [0.29, 0.717) is 30.2 Å². The summed E-state index contributed by atoms with van der Waals surface area (Å²) < 4.78 is 11.4. The maximum absolute atomic E-state index is 13.4. The Morgan fingerprint density at radius 1 is 1.02 bits per heavy atom. The van der Waals surface area contributed by atoms with Gasteiger partial charge < -0.3 is 30.3 Å². The molecule has 4 N–H and O–H groups in total. The number of nitrogens with zero attached hydrogens (tertiary/aromatic N) is 3. The molecule has 10 heteroatoms. The number of nitrogens with two attached hydrogens (primary N) is 1. The number of urea groups is 1. The molecule has 0 unspecified atom stereocenters. The number of rotatable bonds is 12. The summed E-state index contributed by atoms with van der Waals surface area (Å²) in [6.45, 7) is 1.85. The van der Waals surface area contributed by atoms with Crippen LogP contribution in [-0.2, 0) is 16.0 Å². The number of carbonyl (C=O) groups excluding carboxylic acids is 2. The van der Waals surface area contributed by atoms with Crippen LogP contribution in [-0.4, -0.2) is 53.9 Å². The first kappa shape index (κ1) is 29.4. The second-order valence-electron chi connectivity index (χ2n) is 10.2. The molecule has 4 rings (SSSR count). The molecule has 0 atom stereocenters. The lowest BCUT2D eigenvalue weighted by Crippen LogP contribution is -2.40.